The summed E-state index contributed by atoms with van der Waals surface area (Å²) in [5.74, 6) is -0.663. The normalized spacial score (nSPS) is 10.5. The lowest BCUT2D eigenvalue weighted by Crippen LogP contribution is -2.40. The molecule has 0 aliphatic carbocycles. The van der Waals surface area contributed by atoms with Crippen LogP contribution in [0.25, 0.3) is 10.8 Å². The van der Waals surface area contributed by atoms with E-state index in [1.54, 1.807) is 12.1 Å². The summed E-state index contributed by atoms with van der Waals surface area (Å²) in [5.41, 5.74) is 0.839. The summed E-state index contributed by atoms with van der Waals surface area (Å²) in [7, 11) is 1.48. The molecular weight excluding hydrogens is 372 g/mol. The number of carbonyl (C=O) groups excluding carboxylic acids is 3. The van der Waals surface area contributed by atoms with Crippen LogP contribution in [0.2, 0.25) is 0 Å². The van der Waals surface area contributed by atoms with Crippen LogP contribution in [0.1, 0.15) is 11.3 Å². The second kappa shape index (κ2) is 9.54. The van der Waals surface area contributed by atoms with Crippen molar-refractivity contribution in [2.45, 2.75) is 13.0 Å². The predicted molar refractivity (Wildman–Crippen MR) is 107 cm³/mol. The van der Waals surface area contributed by atoms with Crippen molar-refractivity contribution < 1.29 is 23.5 Å². The van der Waals surface area contributed by atoms with Crippen molar-refractivity contribution >= 4 is 28.6 Å². The molecule has 2 aromatic carbocycles. The summed E-state index contributed by atoms with van der Waals surface area (Å²) in [4.78, 5) is 37.4. The number of carbonyl (C=O) groups is 3. The van der Waals surface area contributed by atoms with E-state index in [-0.39, 0.29) is 25.4 Å². The van der Waals surface area contributed by atoms with Crippen molar-refractivity contribution in [2.75, 3.05) is 20.2 Å². The molecule has 0 aliphatic heterocycles. The second-order valence-corrected chi connectivity index (χ2v) is 6.58. The number of benzene rings is 2. The molecule has 7 nitrogen and oxygen atoms in total. The smallest absolute Gasteiger partial charge is 0.310 e. The number of nitrogens with one attached hydrogen (secondary N) is 1. The van der Waals surface area contributed by atoms with Crippen LogP contribution in [0, 0.1) is 0 Å². The molecule has 0 bridgehead atoms. The fraction of sp³-hybridized carbons (Fsp3) is 0.227. The monoisotopic (exact) mass is 394 g/mol. The Morgan fingerprint density at radius 1 is 1.03 bits per heavy atom. The summed E-state index contributed by atoms with van der Waals surface area (Å²) in [6.45, 7) is -0.306. The van der Waals surface area contributed by atoms with E-state index in [0.717, 1.165) is 16.3 Å². The molecule has 1 N–H and O–H groups in total. The molecule has 3 rings (SSSR count). The van der Waals surface area contributed by atoms with E-state index in [4.69, 9.17) is 9.15 Å². The van der Waals surface area contributed by atoms with Crippen molar-refractivity contribution in [3.05, 3.63) is 72.2 Å². The third-order valence-electron chi connectivity index (χ3n) is 4.42. The van der Waals surface area contributed by atoms with Crippen molar-refractivity contribution in [3.8, 4) is 0 Å². The van der Waals surface area contributed by atoms with Gasteiger partial charge < -0.3 is 19.4 Å². The summed E-state index contributed by atoms with van der Waals surface area (Å²) >= 11 is 0. The molecule has 1 aromatic heterocycles. The minimum absolute atomic E-state index is 0.0714. The van der Waals surface area contributed by atoms with Gasteiger partial charge >= 0.3 is 5.97 Å². The maximum Gasteiger partial charge on any atom is 0.310 e. The van der Waals surface area contributed by atoms with Gasteiger partial charge in [-0.25, -0.2) is 0 Å². The van der Waals surface area contributed by atoms with Crippen molar-refractivity contribution in [2.24, 2.45) is 0 Å². The van der Waals surface area contributed by atoms with Crippen LogP contribution in [-0.4, -0.2) is 42.9 Å². The van der Waals surface area contributed by atoms with Gasteiger partial charge in [-0.05, 0) is 28.5 Å². The highest BCUT2D eigenvalue weighted by Gasteiger charge is 2.16. The number of ether oxygens (including phenoxy) is 1. The predicted octanol–water partition coefficient (Wildman–Crippen LogP) is 2.29. The molecule has 1 heterocycles. The number of nitrogens with zero attached hydrogens (tertiary/aromatic N) is 1. The largest absolute Gasteiger partial charge is 0.467 e. The minimum atomic E-state index is -0.495. The summed E-state index contributed by atoms with van der Waals surface area (Å²) < 4.78 is 10.2. The molecule has 0 radical (unpaired) electrons. The summed E-state index contributed by atoms with van der Waals surface area (Å²) in [6, 6.07) is 16.9. The quantitative estimate of drug-likeness (QED) is 0.592. The number of esters is 1. The first-order valence-corrected chi connectivity index (χ1v) is 9.18. The number of rotatable bonds is 8. The highest BCUT2D eigenvalue weighted by molar-refractivity contribution is 5.90. The van der Waals surface area contributed by atoms with Crippen LogP contribution in [0.15, 0.2) is 65.3 Å². The fourth-order valence-corrected chi connectivity index (χ4v) is 2.86. The van der Waals surface area contributed by atoms with Gasteiger partial charge in [-0.15, -0.1) is 0 Å². The number of likely N-dealkylation sites (N-methyl/N-ethyl adjacent to an activating group) is 1. The molecular formula is C22H22N2O5. The second-order valence-electron chi connectivity index (χ2n) is 6.58. The van der Waals surface area contributed by atoms with E-state index in [9.17, 15) is 14.4 Å². The Morgan fingerprint density at radius 2 is 1.83 bits per heavy atom. The van der Waals surface area contributed by atoms with E-state index in [1.807, 2.05) is 42.5 Å². The van der Waals surface area contributed by atoms with Crippen LogP contribution in [-0.2, 0) is 32.1 Å². The minimum Gasteiger partial charge on any atom is -0.467 e. The summed E-state index contributed by atoms with van der Waals surface area (Å²) in [6.07, 6.45) is 1.59. The van der Waals surface area contributed by atoms with Gasteiger partial charge in [0, 0.05) is 7.05 Å². The van der Waals surface area contributed by atoms with E-state index < -0.39 is 18.5 Å². The lowest BCUT2D eigenvalue weighted by molar-refractivity contribution is -0.151. The zero-order chi connectivity index (χ0) is 20.6. The number of hydrogen-bond acceptors (Lipinski definition) is 5. The van der Waals surface area contributed by atoms with Gasteiger partial charge in [-0.2, -0.15) is 0 Å². The van der Waals surface area contributed by atoms with E-state index >= 15 is 0 Å². The van der Waals surface area contributed by atoms with Gasteiger partial charge in [-0.3, -0.25) is 14.4 Å². The molecule has 150 valence electrons. The van der Waals surface area contributed by atoms with Crippen LogP contribution < -0.4 is 5.32 Å². The third kappa shape index (κ3) is 5.68. The van der Waals surface area contributed by atoms with Crippen molar-refractivity contribution in [1.82, 2.24) is 10.2 Å². The third-order valence-corrected chi connectivity index (χ3v) is 4.42. The highest BCUT2D eigenvalue weighted by atomic mass is 16.5. The van der Waals surface area contributed by atoms with Gasteiger partial charge in [0.1, 0.15) is 5.76 Å². The molecule has 2 amide bonds. The first kappa shape index (κ1) is 20.1. The van der Waals surface area contributed by atoms with Gasteiger partial charge in [0.05, 0.1) is 25.8 Å². The Kier molecular flexibility index (Phi) is 6.63. The molecule has 0 unspecified atom stereocenters. The maximum atomic E-state index is 12.2. The lowest BCUT2D eigenvalue weighted by atomic mass is 10.0. The SMILES string of the molecule is CN(CC(=O)NCc1ccco1)C(=O)COC(=O)Cc1cccc2ccccc12. The zero-order valence-electron chi connectivity index (χ0n) is 16.1. The Hall–Kier alpha value is -3.61. The number of hydrogen-bond donors (Lipinski definition) is 1. The standard InChI is InChI=1S/C22H22N2O5/c1-24(14-20(25)23-13-18-9-5-11-28-18)21(26)15-29-22(27)12-17-8-4-7-16-6-2-3-10-19(16)17/h2-11H,12-15H2,1H3,(H,23,25). The number of furan rings is 1. The molecule has 0 saturated heterocycles. The maximum absolute atomic E-state index is 12.2. The zero-order valence-corrected chi connectivity index (χ0v) is 16.1. The molecule has 0 atom stereocenters. The van der Waals surface area contributed by atoms with Crippen molar-refractivity contribution in [1.29, 1.82) is 0 Å². The Bertz CT molecular complexity index is 992. The molecule has 0 saturated carbocycles. The van der Waals surface area contributed by atoms with E-state index in [1.165, 1.54) is 18.2 Å². The van der Waals surface area contributed by atoms with E-state index in [0.29, 0.717) is 5.76 Å². The molecule has 29 heavy (non-hydrogen) atoms. The van der Waals surface area contributed by atoms with Crippen LogP contribution >= 0.6 is 0 Å². The summed E-state index contributed by atoms with van der Waals surface area (Å²) in [5, 5.41) is 4.66. The lowest BCUT2D eigenvalue weighted by Gasteiger charge is -2.16. The Labute approximate surface area is 168 Å². The molecule has 0 fully saturated rings. The topological polar surface area (TPSA) is 88.8 Å². The van der Waals surface area contributed by atoms with E-state index in [2.05, 4.69) is 5.32 Å². The van der Waals surface area contributed by atoms with Crippen LogP contribution in [0.5, 0.6) is 0 Å². The van der Waals surface area contributed by atoms with Gasteiger partial charge in [-0.1, -0.05) is 42.5 Å². The number of fused-ring (bicyclic) bond motifs is 1. The van der Waals surface area contributed by atoms with Gasteiger partial charge in [0.25, 0.3) is 5.91 Å². The van der Waals surface area contributed by atoms with Crippen molar-refractivity contribution in [3.63, 3.8) is 0 Å². The van der Waals surface area contributed by atoms with Crippen LogP contribution in [0.4, 0.5) is 0 Å². The van der Waals surface area contributed by atoms with Gasteiger partial charge in [0.2, 0.25) is 5.91 Å². The first-order valence-electron chi connectivity index (χ1n) is 9.18. The first-order chi connectivity index (χ1) is 14.0. The molecule has 7 heteroatoms. The highest BCUT2D eigenvalue weighted by Crippen LogP contribution is 2.19. The average Bonchev–Trinajstić information content (AvgIpc) is 3.24. The molecule has 0 spiro atoms. The van der Waals surface area contributed by atoms with Gasteiger partial charge in [0.15, 0.2) is 6.61 Å². The average molecular weight is 394 g/mol. The Balaban J connectivity index is 1.44. The molecule has 0 aliphatic rings. The Morgan fingerprint density at radius 3 is 2.62 bits per heavy atom. The number of amides is 2. The fourth-order valence-electron chi connectivity index (χ4n) is 2.86. The molecule has 3 aromatic rings. The van der Waals surface area contributed by atoms with Crippen LogP contribution in [0.3, 0.4) is 0 Å².